The first-order valence-corrected chi connectivity index (χ1v) is 7.67. The van der Waals surface area contributed by atoms with Crippen LogP contribution in [-0.4, -0.2) is 24.2 Å². The van der Waals surface area contributed by atoms with Crippen LogP contribution < -0.4 is 9.47 Å². The van der Waals surface area contributed by atoms with Gasteiger partial charge in [-0.05, 0) is 29.8 Å². The molecule has 0 spiro atoms. The van der Waals surface area contributed by atoms with E-state index in [-0.39, 0.29) is 11.6 Å². The lowest BCUT2D eigenvalue weighted by Gasteiger charge is -2.04. The SMILES string of the molecule is COc1ccc2nc(SCc3ccc(OC)c(F)c3)[nH]c2c1. The van der Waals surface area contributed by atoms with Gasteiger partial charge in [0.05, 0.1) is 25.3 Å². The molecule has 0 aliphatic heterocycles. The van der Waals surface area contributed by atoms with Crippen LogP contribution in [0.3, 0.4) is 0 Å². The van der Waals surface area contributed by atoms with Gasteiger partial charge in [0, 0.05) is 11.8 Å². The Morgan fingerprint density at radius 2 is 2.00 bits per heavy atom. The van der Waals surface area contributed by atoms with E-state index in [9.17, 15) is 4.39 Å². The molecule has 3 rings (SSSR count). The molecule has 2 aromatic carbocycles. The van der Waals surface area contributed by atoms with Crippen molar-refractivity contribution in [3.63, 3.8) is 0 Å². The van der Waals surface area contributed by atoms with Gasteiger partial charge >= 0.3 is 0 Å². The monoisotopic (exact) mass is 318 g/mol. The number of benzene rings is 2. The number of thioether (sulfide) groups is 1. The van der Waals surface area contributed by atoms with Crippen molar-refractivity contribution >= 4 is 22.8 Å². The van der Waals surface area contributed by atoms with Crippen molar-refractivity contribution < 1.29 is 13.9 Å². The zero-order valence-corrected chi connectivity index (χ0v) is 13.0. The minimum Gasteiger partial charge on any atom is -0.497 e. The summed E-state index contributed by atoms with van der Waals surface area (Å²) in [7, 11) is 3.08. The molecule has 3 aromatic rings. The number of hydrogen-bond donors (Lipinski definition) is 1. The van der Waals surface area contributed by atoms with Crippen LogP contribution in [0.1, 0.15) is 5.56 Å². The van der Waals surface area contributed by atoms with Crippen molar-refractivity contribution in [2.75, 3.05) is 14.2 Å². The molecule has 0 saturated carbocycles. The van der Waals surface area contributed by atoms with Gasteiger partial charge in [-0.1, -0.05) is 17.8 Å². The summed E-state index contributed by atoms with van der Waals surface area (Å²) in [5.41, 5.74) is 2.67. The van der Waals surface area contributed by atoms with Crippen molar-refractivity contribution in [2.45, 2.75) is 10.9 Å². The van der Waals surface area contributed by atoms with Crippen LogP contribution in [0.25, 0.3) is 11.0 Å². The molecule has 6 heteroatoms. The Kier molecular flexibility index (Phi) is 4.20. The van der Waals surface area contributed by atoms with E-state index in [1.165, 1.54) is 24.9 Å². The van der Waals surface area contributed by atoms with Gasteiger partial charge in [0.1, 0.15) is 5.75 Å². The first kappa shape index (κ1) is 14.7. The minimum absolute atomic E-state index is 0.254. The van der Waals surface area contributed by atoms with Crippen LogP contribution in [0.2, 0.25) is 0 Å². The molecular weight excluding hydrogens is 303 g/mol. The number of H-pyrrole nitrogens is 1. The van der Waals surface area contributed by atoms with Gasteiger partial charge in [-0.3, -0.25) is 0 Å². The molecule has 0 bridgehead atoms. The normalized spacial score (nSPS) is 10.9. The highest BCUT2D eigenvalue weighted by molar-refractivity contribution is 7.98. The predicted molar refractivity (Wildman–Crippen MR) is 85.2 cm³/mol. The molecule has 22 heavy (non-hydrogen) atoms. The van der Waals surface area contributed by atoms with Gasteiger partial charge < -0.3 is 14.5 Å². The average Bonchev–Trinajstić information content (AvgIpc) is 2.94. The van der Waals surface area contributed by atoms with E-state index in [4.69, 9.17) is 9.47 Å². The summed E-state index contributed by atoms with van der Waals surface area (Å²) in [6.45, 7) is 0. The second-order valence-corrected chi connectivity index (χ2v) is 5.65. The fraction of sp³-hybridized carbons (Fsp3) is 0.188. The number of nitrogens with one attached hydrogen (secondary N) is 1. The van der Waals surface area contributed by atoms with Gasteiger partial charge in [0.2, 0.25) is 0 Å². The molecular formula is C16H15FN2O2S. The Morgan fingerprint density at radius 1 is 1.14 bits per heavy atom. The number of hydrogen-bond acceptors (Lipinski definition) is 4. The second kappa shape index (κ2) is 6.27. The standard InChI is InChI=1S/C16H15FN2O2S/c1-20-11-4-5-13-14(8-11)19-16(18-13)22-9-10-3-6-15(21-2)12(17)7-10/h3-8H,9H2,1-2H3,(H,18,19). The number of rotatable bonds is 5. The van der Waals surface area contributed by atoms with Crippen LogP contribution in [0, 0.1) is 5.82 Å². The molecule has 0 atom stereocenters. The molecule has 0 unspecified atom stereocenters. The third-order valence-electron chi connectivity index (χ3n) is 3.26. The summed E-state index contributed by atoms with van der Waals surface area (Å²) in [5, 5.41) is 0.791. The molecule has 0 fully saturated rings. The van der Waals surface area contributed by atoms with E-state index in [1.54, 1.807) is 13.2 Å². The quantitative estimate of drug-likeness (QED) is 0.722. The number of halogens is 1. The lowest BCUT2D eigenvalue weighted by atomic mass is 10.2. The van der Waals surface area contributed by atoms with Crippen molar-refractivity contribution in [1.82, 2.24) is 9.97 Å². The predicted octanol–water partition coefficient (Wildman–Crippen LogP) is 4.01. The van der Waals surface area contributed by atoms with Crippen molar-refractivity contribution in [3.8, 4) is 11.5 Å². The van der Waals surface area contributed by atoms with Crippen LogP contribution in [0.5, 0.6) is 11.5 Å². The first-order valence-electron chi connectivity index (χ1n) is 6.68. The van der Waals surface area contributed by atoms with E-state index in [0.717, 1.165) is 27.5 Å². The van der Waals surface area contributed by atoms with Gasteiger partial charge in [-0.2, -0.15) is 0 Å². The number of imidazole rings is 1. The summed E-state index contributed by atoms with van der Waals surface area (Å²) in [6.07, 6.45) is 0. The second-order valence-electron chi connectivity index (χ2n) is 4.68. The summed E-state index contributed by atoms with van der Waals surface area (Å²) in [6, 6.07) is 10.6. The van der Waals surface area contributed by atoms with Crippen LogP contribution in [0.15, 0.2) is 41.6 Å². The molecule has 0 saturated heterocycles. The molecule has 4 nitrogen and oxygen atoms in total. The molecule has 114 valence electrons. The number of aromatic amines is 1. The topological polar surface area (TPSA) is 47.1 Å². The van der Waals surface area contributed by atoms with Gasteiger partial charge in [-0.25, -0.2) is 9.37 Å². The summed E-state index contributed by atoms with van der Waals surface area (Å²) >= 11 is 1.52. The zero-order valence-electron chi connectivity index (χ0n) is 12.2. The largest absolute Gasteiger partial charge is 0.497 e. The maximum atomic E-state index is 13.7. The van der Waals surface area contributed by atoms with Crippen LogP contribution in [0.4, 0.5) is 4.39 Å². The highest BCUT2D eigenvalue weighted by atomic mass is 32.2. The number of aromatic nitrogens is 2. The summed E-state index contributed by atoms with van der Waals surface area (Å²) < 4.78 is 23.8. The first-order chi connectivity index (χ1) is 10.7. The molecule has 1 N–H and O–H groups in total. The molecule has 0 radical (unpaired) electrons. The van der Waals surface area contributed by atoms with Gasteiger partial charge in [0.25, 0.3) is 0 Å². The highest BCUT2D eigenvalue weighted by Crippen LogP contribution is 2.26. The number of methoxy groups -OCH3 is 2. The smallest absolute Gasteiger partial charge is 0.166 e. The van der Waals surface area contributed by atoms with E-state index in [0.29, 0.717) is 5.75 Å². The molecule has 0 amide bonds. The highest BCUT2D eigenvalue weighted by Gasteiger charge is 2.07. The maximum absolute atomic E-state index is 13.7. The van der Waals surface area contributed by atoms with E-state index < -0.39 is 0 Å². The Bertz CT molecular complexity index is 804. The third kappa shape index (κ3) is 3.01. The molecule has 0 aliphatic carbocycles. The average molecular weight is 318 g/mol. The van der Waals surface area contributed by atoms with Crippen molar-refractivity contribution in [1.29, 1.82) is 0 Å². The van der Waals surface area contributed by atoms with Gasteiger partial charge in [0.15, 0.2) is 16.7 Å². The Labute approximate surface area is 131 Å². The Hall–Kier alpha value is -2.21. The number of nitrogens with zero attached hydrogens (tertiary/aromatic N) is 1. The fourth-order valence-corrected chi connectivity index (χ4v) is 2.94. The molecule has 1 heterocycles. The van der Waals surface area contributed by atoms with Crippen LogP contribution >= 0.6 is 11.8 Å². The lowest BCUT2D eigenvalue weighted by molar-refractivity contribution is 0.386. The number of ether oxygens (including phenoxy) is 2. The Morgan fingerprint density at radius 3 is 2.73 bits per heavy atom. The maximum Gasteiger partial charge on any atom is 0.166 e. The summed E-state index contributed by atoms with van der Waals surface area (Å²) in [4.78, 5) is 7.72. The van der Waals surface area contributed by atoms with E-state index in [2.05, 4.69) is 9.97 Å². The van der Waals surface area contributed by atoms with E-state index in [1.807, 2.05) is 24.3 Å². The van der Waals surface area contributed by atoms with Crippen molar-refractivity contribution in [2.24, 2.45) is 0 Å². The zero-order chi connectivity index (χ0) is 15.5. The fourth-order valence-electron chi connectivity index (χ4n) is 2.11. The summed E-state index contributed by atoms with van der Waals surface area (Å²) in [5.74, 6) is 1.31. The lowest BCUT2D eigenvalue weighted by Crippen LogP contribution is -1.90. The van der Waals surface area contributed by atoms with Crippen LogP contribution in [-0.2, 0) is 5.75 Å². The minimum atomic E-state index is -0.352. The number of fused-ring (bicyclic) bond motifs is 1. The molecule has 0 aliphatic rings. The Balaban J connectivity index is 1.74. The van der Waals surface area contributed by atoms with Gasteiger partial charge in [-0.15, -0.1) is 0 Å². The third-order valence-corrected chi connectivity index (χ3v) is 4.20. The molecule has 1 aromatic heterocycles. The van der Waals surface area contributed by atoms with Crippen molar-refractivity contribution in [3.05, 3.63) is 47.8 Å². The van der Waals surface area contributed by atoms with E-state index >= 15 is 0 Å².